The number of ether oxygens (including phenoxy) is 1. The highest BCUT2D eigenvalue weighted by Crippen LogP contribution is 2.19. The quantitative estimate of drug-likeness (QED) is 0.273. The normalized spacial score (nSPS) is 20.2. The number of allylic oxidation sites excluding steroid dienone is 2. The first kappa shape index (κ1) is 23.6. The van der Waals surface area contributed by atoms with Crippen LogP contribution in [0.5, 0.6) is 0 Å². The molecule has 1 aliphatic carbocycles. The third-order valence-corrected chi connectivity index (χ3v) is 6.36. The largest absolute Gasteiger partial charge is 0.379 e. The SMILES string of the molecule is CCCCCCCCNC(=S)N(CCCN1CCOCC1)CC1CC=CCC1. The molecular weight excluding hydrogens is 366 g/mol. The van der Waals surface area contributed by atoms with Gasteiger partial charge in [0.05, 0.1) is 13.2 Å². The monoisotopic (exact) mass is 409 g/mol. The van der Waals surface area contributed by atoms with Crippen LogP contribution in [-0.2, 0) is 4.74 Å². The molecule has 0 bridgehead atoms. The summed E-state index contributed by atoms with van der Waals surface area (Å²) in [5.41, 5.74) is 0. The van der Waals surface area contributed by atoms with Crippen molar-refractivity contribution in [3.05, 3.63) is 12.2 Å². The summed E-state index contributed by atoms with van der Waals surface area (Å²) in [5.74, 6) is 0.752. The van der Waals surface area contributed by atoms with E-state index < -0.39 is 0 Å². The van der Waals surface area contributed by atoms with Crippen molar-refractivity contribution in [3.8, 4) is 0 Å². The molecule has 2 aliphatic rings. The topological polar surface area (TPSA) is 27.7 Å². The van der Waals surface area contributed by atoms with Crippen LogP contribution in [0.3, 0.4) is 0 Å². The third kappa shape index (κ3) is 10.2. The van der Waals surface area contributed by atoms with E-state index in [0.29, 0.717) is 0 Å². The molecule has 4 nitrogen and oxygen atoms in total. The predicted octanol–water partition coefficient (Wildman–Crippen LogP) is 4.60. The Labute approximate surface area is 179 Å². The van der Waals surface area contributed by atoms with Crippen LogP contribution in [0.25, 0.3) is 0 Å². The number of rotatable bonds is 13. The van der Waals surface area contributed by atoms with Crippen molar-refractivity contribution in [3.63, 3.8) is 0 Å². The molecule has 1 atom stereocenters. The van der Waals surface area contributed by atoms with Crippen LogP contribution in [-0.4, -0.2) is 67.4 Å². The highest BCUT2D eigenvalue weighted by molar-refractivity contribution is 7.80. The van der Waals surface area contributed by atoms with E-state index >= 15 is 0 Å². The molecule has 0 aromatic heterocycles. The van der Waals surface area contributed by atoms with Gasteiger partial charge >= 0.3 is 0 Å². The maximum absolute atomic E-state index is 5.80. The summed E-state index contributed by atoms with van der Waals surface area (Å²) in [6.45, 7) is 10.6. The Morgan fingerprint density at radius 1 is 1.11 bits per heavy atom. The molecule has 1 fully saturated rings. The summed E-state index contributed by atoms with van der Waals surface area (Å²) in [7, 11) is 0. The van der Waals surface area contributed by atoms with Gasteiger partial charge in [0.15, 0.2) is 5.11 Å². The van der Waals surface area contributed by atoms with Gasteiger partial charge in [-0.1, -0.05) is 51.2 Å². The van der Waals surface area contributed by atoms with Crippen LogP contribution in [0.2, 0.25) is 0 Å². The predicted molar refractivity (Wildman–Crippen MR) is 124 cm³/mol. The second-order valence-electron chi connectivity index (χ2n) is 8.40. The summed E-state index contributed by atoms with van der Waals surface area (Å²) < 4.78 is 5.46. The van der Waals surface area contributed by atoms with Crippen LogP contribution in [0, 0.1) is 5.92 Å². The molecule has 0 aromatic rings. The molecule has 1 heterocycles. The number of hydrogen-bond acceptors (Lipinski definition) is 3. The van der Waals surface area contributed by atoms with Crippen molar-refractivity contribution in [1.82, 2.24) is 15.1 Å². The zero-order valence-electron chi connectivity index (χ0n) is 18.2. The van der Waals surface area contributed by atoms with E-state index in [2.05, 4.69) is 34.2 Å². The number of hydrogen-bond donors (Lipinski definition) is 1. The molecule has 28 heavy (non-hydrogen) atoms. The first-order valence-corrected chi connectivity index (χ1v) is 12.2. The summed E-state index contributed by atoms with van der Waals surface area (Å²) in [6, 6.07) is 0. The number of thiocarbonyl (C=S) groups is 1. The first-order chi connectivity index (χ1) is 13.8. The molecule has 1 saturated heterocycles. The Hall–Kier alpha value is -0.650. The molecule has 0 aromatic carbocycles. The van der Waals surface area contributed by atoms with Crippen molar-refractivity contribution in [2.24, 2.45) is 5.92 Å². The lowest BCUT2D eigenvalue weighted by atomic mass is 9.94. The van der Waals surface area contributed by atoms with Gasteiger partial charge in [-0.3, -0.25) is 4.90 Å². The van der Waals surface area contributed by atoms with E-state index in [0.717, 1.165) is 63.5 Å². The van der Waals surface area contributed by atoms with Crippen molar-refractivity contribution >= 4 is 17.3 Å². The van der Waals surface area contributed by atoms with E-state index in [1.54, 1.807) is 0 Å². The number of nitrogens with one attached hydrogen (secondary N) is 1. The van der Waals surface area contributed by atoms with Gasteiger partial charge in [0.1, 0.15) is 0 Å². The van der Waals surface area contributed by atoms with E-state index in [-0.39, 0.29) is 0 Å². The fourth-order valence-corrected chi connectivity index (χ4v) is 4.40. The number of morpholine rings is 1. The highest BCUT2D eigenvalue weighted by Gasteiger charge is 2.18. The molecule has 0 amide bonds. The van der Waals surface area contributed by atoms with Crippen molar-refractivity contribution < 1.29 is 4.74 Å². The minimum Gasteiger partial charge on any atom is -0.379 e. The number of unbranched alkanes of at least 4 members (excludes halogenated alkanes) is 5. The molecule has 0 spiro atoms. The lowest BCUT2D eigenvalue weighted by molar-refractivity contribution is 0.0367. The van der Waals surface area contributed by atoms with E-state index in [4.69, 9.17) is 17.0 Å². The van der Waals surface area contributed by atoms with Crippen LogP contribution < -0.4 is 5.32 Å². The average molecular weight is 410 g/mol. The summed E-state index contributed by atoms with van der Waals surface area (Å²) in [5, 5.41) is 4.53. The van der Waals surface area contributed by atoms with Crippen molar-refractivity contribution in [2.45, 2.75) is 71.1 Å². The molecule has 1 unspecified atom stereocenters. The molecule has 5 heteroatoms. The minimum absolute atomic E-state index is 0.752. The zero-order valence-corrected chi connectivity index (χ0v) is 19.0. The van der Waals surface area contributed by atoms with E-state index in [9.17, 15) is 0 Å². The van der Waals surface area contributed by atoms with Gasteiger partial charge in [0.2, 0.25) is 0 Å². The summed E-state index contributed by atoms with van der Waals surface area (Å²) in [6.07, 6.45) is 17.6. The highest BCUT2D eigenvalue weighted by atomic mass is 32.1. The molecule has 0 radical (unpaired) electrons. The number of nitrogens with zero attached hydrogens (tertiary/aromatic N) is 2. The van der Waals surface area contributed by atoms with Gasteiger partial charge in [-0.2, -0.15) is 0 Å². The molecule has 1 aliphatic heterocycles. The fourth-order valence-electron chi connectivity index (χ4n) is 4.13. The Morgan fingerprint density at radius 3 is 2.64 bits per heavy atom. The minimum atomic E-state index is 0.752. The van der Waals surface area contributed by atoms with Gasteiger partial charge in [-0.05, 0) is 50.2 Å². The Morgan fingerprint density at radius 2 is 1.89 bits per heavy atom. The maximum Gasteiger partial charge on any atom is 0.168 e. The Balaban J connectivity index is 1.69. The van der Waals surface area contributed by atoms with Gasteiger partial charge in [-0.15, -0.1) is 0 Å². The molecule has 1 N–H and O–H groups in total. The van der Waals surface area contributed by atoms with Crippen molar-refractivity contribution in [1.29, 1.82) is 0 Å². The third-order valence-electron chi connectivity index (χ3n) is 5.96. The smallest absolute Gasteiger partial charge is 0.168 e. The van der Waals surface area contributed by atoms with E-state index in [1.807, 2.05) is 0 Å². The van der Waals surface area contributed by atoms with Crippen molar-refractivity contribution in [2.75, 3.05) is 52.5 Å². The van der Waals surface area contributed by atoms with Crippen LogP contribution in [0.1, 0.15) is 71.1 Å². The standard InChI is InChI=1S/C23H43N3OS/c1-2-3-4-5-6-10-14-24-23(28)26(21-22-12-8-7-9-13-22)16-11-15-25-17-19-27-20-18-25/h7-8,22H,2-6,9-21H2,1H3,(H,24,28). The maximum atomic E-state index is 5.80. The van der Waals surface area contributed by atoms with Crippen LogP contribution in [0.15, 0.2) is 12.2 Å². The second kappa shape index (κ2) is 15.2. The lowest BCUT2D eigenvalue weighted by Crippen LogP contribution is -2.44. The van der Waals surface area contributed by atoms with Gasteiger partial charge < -0.3 is 15.0 Å². The summed E-state index contributed by atoms with van der Waals surface area (Å²) >= 11 is 5.80. The van der Waals surface area contributed by atoms with Gasteiger partial charge in [0, 0.05) is 39.3 Å². The van der Waals surface area contributed by atoms with Gasteiger partial charge in [-0.25, -0.2) is 0 Å². The zero-order chi connectivity index (χ0) is 19.9. The molecule has 162 valence electrons. The molecule has 0 saturated carbocycles. The van der Waals surface area contributed by atoms with Crippen LogP contribution >= 0.6 is 12.2 Å². The molecule has 2 rings (SSSR count). The molecular formula is C23H43N3OS. The second-order valence-corrected chi connectivity index (χ2v) is 8.79. The first-order valence-electron chi connectivity index (χ1n) is 11.8. The van der Waals surface area contributed by atoms with Gasteiger partial charge in [0.25, 0.3) is 0 Å². The lowest BCUT2D eigenvalue weighted by Gasteiger charge is -2.32. The summed E-state index contributed by atoms with van der Waals surface area (Å²) in [4.78, 5) is 4.98. The van der Waals surface area contributed by atoms with E-state index in [1.165, 1.54) is 64.2 Å². The fraction of sp³-hybridized carbons (Fsp3) is 0.870. The van der Waals surface area contributed by atoms with Crippen LogP contribution in [0.4, 0.5) is 0 Å². The average Bonchev–Trinajstić information content (AvgIpc) is 2.74. The Kier molecular flexibility index (Phi) is 12.8. The Bertz CT molecular complexity index is 438.